The predicted octanol–water partition coefficient (Wildman–Crippen LogP) is 2.55. The molecule has 188 valence electrons. The van der Waals surface area contributed by atoms with Crippen LogP contribution in [-0.2, 0) is 30.1 Å². The number of hydrogen-bond acceptors (Lipinski definition) is 7. The Bertz CT molecular complexity index is 1280. The number of primary sulfonamides is 1. The fraction of sp³-hybridized carbons (Fsp3) is 0.160. The molecule has 0 radical (unpaired) electrons. The van der Waals surface area contributed by atoms with Gasteiger partial charge in [-0.1, -0.05) is 48.5 Å². The smallest absolute Gasteiger partial charge is 0.330 e. The molecule has 3 aromatic carbocycles. The van der Waals surface area contributed by atoms with Crippen molar-refractivity contribution in [2.24, 2.45) is 5.14 Å². The van der Waals surface area contributed by atoms with E-state index in [0.29, 0.717) is 17.0 Å². The number of hydrogen-bond donors (Lipinski definition) is 3. The molecule has 0 aliphatic heterocycles. The molecule has 0 saturated heterocycles. The molecule has 0 spiro atoms. The van der Waals surface area contributed by atoms with Crippen molar-refractivity contribution in [1.82, 2.24) is 5.32 Å². The maximum absolute atomic E-state index is 12.8. The van der Waals surface area contributed by atoms with Gasteiger partial charge in [-0.25, -0.2) is 18.4 Å². The molecule has 0 aromatic heterocycles. The van der Waals surface area contributed by atoms with Gasteiger partial charge in [-0.2, -0.15) is 11.8 Å². The van der Waals surface area contributed by atoms with Crippen molar-refractivity contribution in [2.75, 3.05) is 17.7 Å². The maximum atomic E-state index is 12.8. The molecule has 0 aliphatic rings. The average Bonchev–Trinajstić information content (AvgIpc) is 2.87. The zero-order valence-corrected chi connectivity index (χ0v) is 20.8. The van der Waals surface area contributed by atoms with E-state index >= 15 is 0 Å². The van der Waals surface area contributed by atoms with Crippen LogP contribution >= 0.6 is 11.8 Å². The lowest BCUT2D eigenvalue weighted by molar-refractivity contribution is -0.148. The fourth-order valence-corrected chi connectivity index (χ4v) is 4.55. The van der Waals surface area contributed by atoms with Crippen LogP contribution in [0.4, 0.5) is 5.69 Å². The van der Waals surface area contributed by atoms with Gasteiger partial charge >= 0.3 is 5.97 Å². The first-order chi connectivity index (χ1) is 17.2. The summed E-state index contributed by atoms with van der Waals surface area (Å²) in [5.74, 6) is -0.947. The van der Waals surface area contributed by atoms with Crippen LogP contribution in [0, 0.1) is 0 Å². The Balaban J connectivity index is 1.57. The molecular weight excluding hydrogens is 502 g/mol. The van der Waals surface area contributed by atoms with Gasteiger partial charge in [0, 0.05) is 22.8 Å². The van der Waals surface area contributed by atoms with E-state index in [9.17, 15) is 22.8 Å². The Kier molecular flexibility index (Phi) is 9.62. The molecule has 4 N–H and O–H groups in total. The van der Waals surface area contributed by atoms with Crippen LogP contribution < -0.4 is 15.8 Å². The van der Waals surface area contributed by atoms with E-state index in [0.717, 1.165) is 5.56 Å². The van der Waals surface area contributed by atoms with Crippen LogP contribution in [0.25, 0.3) is 0 Å². The molecule has 2 amide bonds. The van der Waals surface area contributed by atoms with E-state index in [1.807, 2.05) is 30.3 Å². The number of benzene rings is 3. The second kappa shape index (κ2) is 12.9. The van der Waals surface area contributed by atoms with E-state index in [2.05, 4.69) is 10.6 Å². The molecule has 3 aromatic rings. The number of anilines is 1. The Morgan fingerprint density at radius 3 is 2.11 bits per heavy atom. The first-order valence-corrected chi connectivity index (χ1v) is 13.5. The minimum absolute atomic E-state index is 0.100. The lowest BCUT2D eigenvalue weighted by Crippen LogP contribution is -2.44. The van der Waals surface area contributed by atoms with E-state index in [4.69, 9.17) is 9.88 Å². The third-order valence-electron chi connectivity index (χ3n) is 4.83. The second-order valence-electron chi connectivity index (χ2n) is 7.62. The highest BCUT2D eigenvalue weighted by Gasteiger charge is 2.24. The Morgan fingerprint density at radius 2 is 1.50 bits per heavy atom. The molecule has 0 heterocycles. The Morgan fingerprint density at radius 1 is 0.889 bits per heavy atom. The molecule has 0 fully saturated rings. The minimum atomic E-state index is -3.85. The Labute approximate surface area is 213 Å². The SMILES string of the molecule is NS(=O)(=O)c1ccc(NC(=O)COC(=O)C(CSCc2ccccc2)NC(=O)c2ccccc2)cc1. The van der Waals surface area contributed by atoms with Crippen LogP contribution in [0.3, 0.4) is 0 Å². The first kappa shape index (κ1) is 26.9. The molecule has 0 aliphatic carbocycles. The summed E-state index contributed by atoms with van der Waals surface area (Å²) in [7, 11) is -3.85. The number of carbonyl (C=O) groups is 3. The number of esters is 1. The monoisotopic (exact) mass is 527 g/mol. The van der Waals surface area contributed by atoms with Gasteiger partial charge in [0.2, 0.25) is 10.0 Å². The first-order valence-electron chi connectivity index (χ1n) is 10.8. The van der Waals surface area contributed by atoms with Crippen LogP contribution in [0.1, 0.15) is 15.9 Å². The van der Waals surface area contributed by atoms with Gasteiger partial charge in [0.05, 0.1) is 4.90 Å². The van der Waals surface area contributed by atoms with Crippen LogP contribution in [-0.4, -0.2) is 44.6 Å². The maximum Gasteiger partial charge on any atom is 0.330 e. The standard InChI is InChI=1S/C25H25N3O6S2/c26-36(32,33)21-13-11-20(12-14-21)27-23(29)15-34-25(31)22(17-35-16-18-7-3-1-4-8-18)28-24(30)19-9-5-2-6-10-19/h1-14,22H,15-17H2,(H,27,29)(H,28,30)(H2,26,32,33). The van der Waals surface area contributed by atoms with Crippen molar-refractivity contribution >= 4 is 45.3 Å². The summed E-state index contributed by atoms with van der Waals surface area (Å²) in [6.45, 7) is -0.586. The molecule has 3 rings (SSSR count). The second-order valence-corrected chi connectivity index (χ2v) is 10.2. The van der Waals surface area contributed by atoms with Gasteiger partial charge in [0.1, 0.15) is 6.04 Å². The van der Waals surface area contributed by atoms with Gasteiger partial charge in [0.15, 0.2) is 6.61 Å². The highest BCUT2D eigenvalue weighted by atomic mass is 32.2. The van der Waals surface area contributed by atoms with Crippen molar-refractivity contribution in [2.45, 2.75) is 16.7 Å². The molecule has 0 bridgehead atoms. The fourth-order valence-electron chi connectivity index (χ4n) is 3.03. The third kappa shape index (κ3) is 8.52. The molecule has 11 heteroatoms. The summed E-state index contributed by atoms with van der Waals surface area (Å²) in [5.41, 5.74) is 1.76. The zero-order valence-electron chi connectivity index (χ0n) is 19.1. The zero-order chi connectivity index (χ0) is 26.0. The van der Waals surface area contributed by atoms with Crippen molar-refractivity contribution in [3.05, 3.63) is 96.1 Å². The number of nitrogens with two attached hydrogens (primary N) is 1. The topological polar surface area (TPSA) is 145 Å². The van der Waals surface area contributed by atoms with E-state index in [1.54, 1.807) is 30.3 Å². The number of sulfonamides is 1. The number of thioether (sulfide) groups is 1. The lowest BCUT2D eigenvalue weighted by Gasteiger charge is -2.17. The number of carbonyl (C=O) groups excluding carboxylic acids is 3. The average molecular weight is 528 g/mol. The highest BCUT2D eigenvalue weighted by Crippen LogP contribution is 2.15. The quantitative estimate of drug-likeness (QED) is 0.325. The highest BCUT2D eigenvalue weighted by molar-refractivity contribution is 7.98. The summed E-state index contributed by atoms with van der Waals surface area (Å²) in [5, 5.41) is 10.2. The van der Waals surface area contributed by atoms with Crippen LogP contribution in [0.2, 0.25) is 0 Å². The van der Waals surface area contributed by atoms with Crippen molar-refractivity contribution in [1.29, 1.82) is 0 Å². The normalized spacial score (nSPS) is 11.8. The van der Waals surface area contributed by atoms with Gasteiger partial charge < -0.3 is 15.4 Å². The van der Waals surface area contributed by atoms with Gasteiger partial charge in [0.25, 0.3) is 11.8 Å². The summed E-state index contributed by atoms with van der Waals surface area (Å²) < 4.78 is 27.8. The van der Waals surface area contributed by atoms with Crippen LogP contribution in [0.5, 0.6) is 0 Å². The number of ether oxygens (including phenoxy) is 1. The summed E-state index contributed by atoms with van der Waals surface area (Å²) in [6.07, 6.45) is 0. The minimum Gasteiger partial charge on any atom is -0.454 e. The van der Waals surface area contributed by atoms with Gasteiger partial charge in [-0.3, -0.25) is 9.59 Å². The molecular formula is C25H25N3O6S2. The molecule has 1 unspecified atom stereocenters. The van der Waals surface area contributed by atoms with E-state index < -0.39 is 40.5 Å². The third-order valence-corrected chi connectivity index (χ3v) is 6.87. The lowest BCUT2D eigenvalue weighted by atomic mass is 10.2. The molecule has 0 saturated carbocycles. The number of nitrogens with one attached hydrogen (secondary N) is 2. The number of rotatable bonds is 11. The van der Waals surface area contributed by atoms with Crippen molar-refractivity contribution in [3.8, 4) is 0 Å². The van der Waals surface area contributed by atoms with Crippen LogP contribution in [0.15, 0.2) is 89.8 Å². The molecule has 36 heavy (non-hydrogen) atoms. The van der Waals surface area contributed by atoms with E-state index in [1.165, 1.54) is 36.0 Å². The van der Waals surface area contributed by atoms with Crippen molar-refractivity contribution < 1.29 is 27.5 Å². The summed E-state index contributed by atoms with van der Waals surface area (Å²) in [6, 6.07) is 22.4. The Hall–Kier alpha value is -3.67. The van der Waals surface area contributed by atoms with Crippen molar-refractivity contribution in [3.63, 3.8) is 0 Å². The molecule has 1 atom stereocenters. The molecule has 9 nitrogen and oxygen atoms in total. The van der Waals surface area contributed by atoms with Gasteiger partial charge in [-0.15, -0.1) is 0 Å². The largest absolute Gasteiger partial charge is 0.454 e. The van der Waals surface area contributed by atoms with Gasteiger partial charge in [-0.05, 0) is 42.0 Å². The predicted molar refractivity (Wildman–Crippen MR) is 138 cm³/mol. The summed E-state index contributed by atoms with van der Waals surface area (Å²) >= 11 is 1.44. The van der Waals surface area contributed by atoms with E-state index in [-0.39, 0.29) is 10.6 Å². The summed E-state index contributed by atoms with van der Waals surface area (Å²) in [4.78, 5) is 37.5. The number of amides is 2.